The number of hydrogen-bond donors (Lipinski definition) is 0. The standard InChI is InChI=1S/C9H5ClF2N4O/c10-8-5(4-17)7(9(11)12)15-16(8)6-2-1-3-13-14-6/h1-4,9H. The lowest BCUT2D eigenvalue weighted by Gasteiger charge is -1.99. The van der Waals surface area contributed by atoms with E-state index >= 15 is 0 Å². The van der Waals surface area contributed by atoms with Gasteiger partial charge in [0.1, 0.15) is 10.8 Å². The molecule has 0 atom stereocenters. The fourth-order valence-electron chi connectivity index (χ4n) is 1.25. The summed E-state index contributed by atoms with van der Waals surface area (Å²) in [6, 6.07) is 3.03. The maximum atomic E-state index is 12.6. The average molecular weight is 259 g/mol. The quantitative estimate of drug-likeness (QED) is 0.791. The van der Waals surface area contributed by atoms with Crippen LogP contribution in [0, 0.1) is 0 Å². The highest BCUT2D eigenvalue weighted by molar-refractivity contribution is 6.32. The topological polar surface area (TPSA) is 60.7 Å². The lowest BCUT2D eigenvalue weighted by molar-refractivity contribution is 0.110. The molecule has 0 aliphatic heterocycles. The summed E-state index contributed by atoms with van der Waals surface area (Å²) in [5.41, 5.74) is -1.01. The number of carbonyl (C=O) groups excluding carboxylic acids is 1. The van der Waals surface area contributed by atoms with Crippen LogP contribution in [0.5, 0.6) is 0 Å². The molecule has 0 aliphatic carbocycles. The van der Waals surface area contributed by atoms with E-state index in [2.05, 4.69) is 15.3 Å². The summed E-state index contributed by atoms with van der Waals surface area (Å²) in [4.78, 5) is 10.7. The number of nitrogens with zero attached hydrogens (tertiary/aromatic N) is 4. The van der Waals surface area contributed by atoms with E-state index in [1.807, 2.05) is 0 Å². The molecule has 2 aromatic rings. The molecule has 8 heteroatoms. The van der Waals surface area contributed by atoms with Gasteiger partial charge >= 0.3 is 0 Å². The first-order valence-corrected chi connectivity index (χ1v) is 4.82. The molecule has 0 spiro atoms. The van der Waals surface area contributed by atoms with Crippen molar-refractivity contribution in [3.63, 3.8) is 0 Å². The van der Waals surface area contributed by atoms with Crippen molar-refractivity contribution in [2.45, 2.75) is 6.43 Å². The van der Waals surface area contributed by atoms with Gasteiger partial charge in [0.25, 0.3) is 6.43 Å². The minimum absolute atomic E-state index is 0.160. The molecule has 0 saturated carbocycles. The minimum Gasteiger partial charge on any atom is -0.298 e. The summed E-state index contributed by atoms with van der Waals surface area (Å²) in [6.07, 6.45) is -1.23. The molecule has 0 saturated heterocycles. The highest BCUT2D eigenvalue weighted by Gasteiger charge is 2.23. The van der Waals surface area contributed by atoms with E-state index in [1.54, 1.807) is 6.07 Å². The Morgan fingerprint density at radius 2 is 2.24 bits per heavy atom. The largest absolute Gasteiger partial charge is 0.298 e. The third-order valence-electron chi connectivity index (χ3n) is 1.99. The first kappa shape index (κ1) is 11.6. The van der Waals surface area contributed by atoms with Gasteiger partial charge in [0.05, 0.1) is 5.56 Å². The fourth-order valence-corrected chi connectivity index (χ4v) is 1.52. The first-order valence-electron chi connectivity index (χ1n) is 4.45. The molecule has 88 valence electrons. The van der Waals surface area contributed by atoms with E-state index in [9.17, 15) is 13.6 Å². The van der Waals surface area contributed by atoms with Gasteiger partial charge < -0.3 is 0 Å². The Morgan fingerprint density at radius 1 is 1.47 bits per heavy atom. The van der Waals surface area contributed by atoms with Crippen LogP contribution < -0.4 is 0 Å². The van der Waals surface area contributed by atoms with Gasteiger partial charge in [-0.1, -0.05) is 11.6 Å². The molecule has 0 amide bonds. The minimum atomic E-state index is -2.88. The summed E-state index contributed by atoms with van der Waals surface area (Å²) in [6.45, 7) is 0. The second kappa shape index (κ2) is 4.54. The summed E-state index contributed by atoms with van der Waals surface area (Å²) < 4.78 is 26.1. The normalized spacial score (nSPS) is 10.8. The van der Waals surface area contributed by atoms with Crippen LogP contribution in [0.15, 0.2) is 18.3 Å². The van der Waals surface area contributed by atoms with Crippen LogP contribution in [0.4, 0.5) is 8.78 Å². The molecule has 5 nitrogen and oxygen atoms in total. The summed E-state index contributed by atoms with van der Waals surface area (Å²) in [5.74, 6) is 0.160. The van der Waals surface area contributed by atoms with Gasteiger partial charge in [-0.15, -0.1) is 5.10 Å². The van der Waals surface area contributed by atoms with Crippen LogP contribution in [0.1, 0.15) is 22.5 Å². The van der Waals surface area contributed by atoms with Gasteiger partial charge in [-0.25, -0.2) is 13.5 Å². The Balaban J connectivity index is 2.61. The van der Waals surface area contributed by atoms with Gasteiger partial charge in [-0.2, -0.15) is 10.2 Å². The highest BCUT2D eigenvalue weighted by atomic mass is 35.5. The van der Waals surface area contributed by atoms with Crippen molar-refractivity contribution in [1.29, 1.82) is 0 Å². The van der Waals surface area contributed by atoms with Crippen molar-refractivity contribution < 1.29 is 13.6 Å². The van der Waals surface area contributed by atoms with Crippen LogP contribution in [0.2, 0.25) is 5.15 Å². The Kier molecular flexibility index (Phi) is 3.10. The van der Waals surface area contributed by atoms with Crippen LogP contribution in [0.3, 0.4) is 0 Å². The zero-order valence-electron chi connectivity index (χ0n) is 8.22. The maximum absolute atomic E-state index is 12.6. The molecule has 0 radical (unpaired) electrons. The predicted molar refractivity (Wildman–Crippen MR) is 54.5 cm³/mol. The molecular weight excluding hydrogens is 254 g/mol. The van der Waals surface area contributed by atoms with E-state index in [1.165, 1.54) is 12.3 Å². The van der Waals surface area contributed by atoms with Crippen molar-refractivity contribution in [1.82, 2.24) is 20.0 Å². The van der Waals surface area contributed by atoms with Crippen LogP contribution in [-0.2, 0) is 0 Å². The lowest BCUT2D eigenvalue weighted by Crippen LogP contribution is -2.01. The number of aromatic nitrogens is 4. The van der Waals surface area contributed by atoms with Crippen LogP contribution >= 0.6 is 11.6 Å². The van der Waals surface area contributed by atoms with Crippen LogP contribution in [-0.4, -0.2) is 26.3 Å². The first-order chi connectivity index (χ1) is 8.15. The Bertz CT molecular complexity index is 543. The fraction of sp³-hybridized carbons (Fsp3) is 0.111. The summed E-state index contributed by atoms with van der Waals surface area (Å²) in [5, 5.41) is 10.6. The van der Waals surface area contributed by atoms with E-state index in [0.29, 0.717) is 0 Å². The molecule has 0 fully saturated rings. The predicted octanol–water partition coefficient (Wildman–Crippen LogP) is 2.07. The van der Waals surface area contributed by atoms with E-state index in [4.69, 9.17) is 11.6 Å². The third kappa shape index (κ3) is 2.01. The van der Waals surface area contributed by atoms with E-state index in [0.717, 1.165) is 4.68 Å². The second-order valence-electron chi connectivity index (χ2n) is 3.00. The molecule has 2 heterocycles. The lowest BCUT2D eigenvalue weighted by atomic mass is 10.3. The van der Waals surface area contributed by atoms with Gasteiger partial charge in [-0.05, 0) is 12.1 Å². The van der Waals surface area contributed by atoms with Crippen LogP contribution in [0.25, 0.3) is 5.82 Å². The molecule has 2 aromatic heterocycles. The third-order valence-corrected chi connectivity index (χ3v) is 2.36. The van der Waals surface area contributed by atoms with Crippen molar-refractivity contribution in [2.75, 3.05) is 0 Å². The number of hydrogen-bond acceptors (Lipinski definition) is 4. The second-order valence-corrected chi connectivity index (χ2v) is 3.36. The molecule has 0 aliphatic rings. The Hall–Kier alpha value is -1.89. The molecule has 0 bridgehead atoms. The number of aldehydes is 1. The Morgan fingerprint density at radius 3 is 2.71 bits per heavy atom. The van der Waals surface area contributed by atoms with Crippen molar-refractivity contribution in [3.8, 4) is 5.82 Å². The van der Waals surface area contributed by atoms with Gasteiger partial charge in [0.15, 0.2) is 12.1 Å². The summed E-state index contributed by atoms with van der Waals surface area (Å²) in [7, 11) is 0. The smallest absolute Gasteiger partial charge is 0.282 e. The molecule has 0 unspecified atom stereocenters. The number of carbonyl (C=O) groups is 1. The monoisotopic (exact) mass is 258 g/mol. The SMILES string of the molecule is O=Cc1c(C(F)F)nn(-c2cccnn2)c1Cl. The Labute approximate surface area is 99.0 Å². The average Bonchev–Trinajstić information content (AvgIpc) is 2.67. The number of halogens is 3. The molecule has 17 heavy (non-hydrogen) atoms. The molecular formula is C9H5ClF2N4O. The number of alkyl halides is 2. The molecule has 0 aromatic carbocycles. The van der Waals surface area contributed by atoms with E-state index < -0.39 is 12.1 Å². The van der Waals surface area contributed by atoms with Crippen molar-refractivity contribution in [3.05, 3.63) is 34.7 Å². The van der Waals surface area contributed by atoms with Crippen molar-refractivity contribution in [2.24, 2.45) is 0 Å². The number of rotatable bonds is 3. The maximum Gasteiger partial charge on any atom is 0.282 e. The highest BCUT2D eigenvalue weighted by Crippen LogP contribution is 2.27. The van der Waals surface area contributed by atoms with E-state index in [-0.39, 0.29) is 22.8 Å². The summed E-state index contributed by atoms with van der Waals surface area (Å²) >= 11 is 5.78. The zero-order valence-corrected chi connectivity index (χ0v) is 8.97. The van der Waals surface area contributed by atoms with Gasteiger partial charge in [0.2, 0.25) is 0 Å². The zero-order chi connectivity index (χ0) is 12.4. The van der Waals surface area contributed by atoms with Gasteiger partial charge in [0, 0.05) is 6.20 Å². The van der Waals surface area contributed by atoms with Crippen molar-refractivity contribution >= 4 is 17.9 Å². The molecule has 0 N–H and O–H groups in total. The molecule has 2 rings (SSSR count). The van der Waals surface area contributed by atoms with Gasteiger partial charge in [-0.3, -0.25) is 4.79 Å².